The molecule has 178 valence electrons. The molecular formula is C24H31N3O5S. The number of piperidine rings is 1. The van der Waals surface area contributed by atoms with Crippen LogP contribution in [0, 0.1) is 0 Å². The van der Waals surface area contributed by atoms with E-state index in [0.29, 0.717) is 25.2 Å². The lowest BCUT2D eigenvalue weighted by Gasteiger charge is -2.38. The van der Waals surface area contributed by atoms with Crippen LogP contribution in [0.25, 0.3) is 0 Å². The third kappa shape index (κ3) is 7.75. The van der Waals surface area contributed by atoms with Crippen molar-refractivity contribution in [3.63, 3.8) is 0 Å². The monoisotopic (exact) mass is 473 g/mol. The van der Waals surface area contributed by atoms with Gasteiger partial charge in [-0.15, -0.1) is 0 Å². The molecule has 1 fully saturated rings. The van der Waals surface area contributed by atoms with Crippen molar-refractivity contribution in [2.75, 3.05) is 6.54 Å². The first-order valence-corrected chi connectivity index (χ1v) is 11.7. The highest BCUT2D eigenvalue weighted by atomic mass is 32.2. The van der Waals surface area contributed by atoms with Crippen LogP contribution in [0.1, 0.15) is 39.2 Å². The van der Waals surface area contributed by atoms with E-state index in [-0.39, 0.29) is 12.6 Å². The van der Waals surface area contributed by atoms with Crippen LogP contribution in [-0.2, 0) is 21.0 Å². The number of esters is 1. The summed E-state index contributed by atoms with van der Waals surface area (Å²) in [5.41, 5.74) is 3.37. The zero-order chi connectivity index (χ0) is 23.8. The van der Waals surface area contributed by atoms with Crippen LogP contribution >= 0.6 is 11.9 Å². The number of nitrogens with zero attached hydrogens (tertiary/aromatic N) is 1. The van der Waals surface area contributed by atoms with E-state index >= 15 is 0 Å². The van der Waals surface area contributed by atoms with Crippen LogP contribution in [0.4, 0.5) is 4.79 Å². The fraction of sp³-hybridized carbons (Fsp3) is 0.417. The zero-order valence-electron chi connectivity index (χ0n) is 19.2. The Hall–Kier alpha value is -2.59. The van der Waals surface area contributed by atoms with E-state index in [4.69, 9.17) is 19.5 Å². The van der Waals surface area contributed by atoms with Crippen LogP contribution in [0.2, 0.25) is 0 Å². The molecule has 1 heterocycles. The van der Waals surface area contributed by atoms with Crippen LogP contribution < -0.4 is 15.4 Å². The van der Waals surface area contributed by atoms with Crippen molar-refractivity contribution in [2.45, 2.75) is 62.8 Å². The van der Waals surface area contributed by atoms with Crippen LogP contribution in [-0.4, -0.2) is 41.2 Å². The number of benzene rings is 2. The summed E-state index contributed by atoms with van der Waals surface area (Å²) >= 11 is 1.11. The highest BCUT2D eigenvalue weighted by Crippen LogP contribution is 2.24. The number of nitrogens with one attached hydrogen (secondary N) is 1. The van der Waals surface area contributed by atoms with Gasteiger partial charge in [-0.1, -0.05) is 30.3 Å². The number of carbonyl (C=O) groups excluding carboxylic acids is 2. The molecule has 0 aromatic heterocycles. The lowest BCUT2D eigenvalue weighted by atomic mass is 9.99. The molecule has 2 atom stereocenters. The number of hydrogen-bond donors (Lipinski definition) is 2. The maximum absolute atomic E-state index is 13.0. The molecule has 8 nitrogen and oxygen atoms in total. The van der Waals surface area contributed by atoms with Crippen LogP contribution in [0.3, 0.4) is 0 Å². The van der Waals surface area contributed by atoms with Gasteiger partial charge in [-0.3, -0.25) is 14.9 Å². The van der Waals surface area contributed by atoms with E-state index in [1.165, 1.54) is 4.90 Å². The van der Waals surface area contributed by atoms with Crippen molar-refractivity contribution in [1.29, 1.82) is 0 Å². The van der Waals surface area contributed by atoms with E-state index in [1.807, 2.05) is 30.3 Å². The average Bonchev–Trinajstić information content (AvgIpc) is 2.79. The number of ether oxygens (including phenoxy) is 2. The third-order valence-electron chi connectivity index (χ3n) is 4.99. The van der Waals surface area contributed by atoms with Gasteiger partial charge in [0.2, 0.25) is 0 Å². The first kappa shape index (κ1) is 25.0. The Morgan fingerprint density at radius 2 is 1.79 bits per heavy atom. The van der Waals surface area contributed by atoms with E-state index in [1.54, 1.807) is 45.0 Å². The minimum Gasteiger partial charge on any atom is -0.444 e. The number of carbonyl (C=O) groups is 2. The molecular weight excluding hydrogens is 442 g/mol. The maximum Gasteiger partial charge on any atom is 0.411 e. The molecule has 2 aromatic carbocycles. The summed E-state index contributed by atoms with van der Waals surface area (Å²) in [5.74, 6) is -0.106. The van der Waals surface area contributed by atoms with E-state index < -0.39 is 23.7 Å². The predicted octanol–water partition coefficient (Wildman–Crippen LogP) is 4.05. The second-order valence-electron chi connectivity index (χ2n) is 8.83. The van der Waals surface area contributed by atoms with Crippen molar-refractivity contribution in [3.8, 4) is 5.75 Å². The standard InChI is InChI=1S/C24H31N3O5S/c1-24(2,3)32-23(29)27-15-18(26-30-16-17-7-5-4-6-8-17)9-14-21(27)22(28)31-19-10-12-20(33-25)13-11-19/h4-8,10-13,18,21,26H,9,14-16,25H2,1-3H3/t18-,21+/m1/s1. The molecule has 1 amide bonds. The van der Waals surface area contributed by atoms with Crippen molar-refractivity contribution < 1.29 is 23.9 Å². The van der Waals surface area contributed by atoms with Crippen LogP contribution in [0.5, 0.6) is 5.75 Å². The molecule has 0 radical (unpaired) electrons. The first-order chi connectivity index (χ1) is 15.7. The van der Waals surface area contributed by atoms with E-state index in [0.717, 1.165) is 22.4 Å². The fourth-order valence-electron chi connectivity index (χ4n) is 3.42. The van der Waals surface area contributed by atoms with Gasteiger partial charge >= 0.3 is 12.1 Å². The molecule has 3 rings (SSSR count). The number of amides is 1. The molecule has 0 unspecified atom stereocenters. The molecule has 0 aliphatic carbocycles. The molecule has 0 spiro atoms. The van der Waals surface area contributed by atoms with Gasteiger partial charge in [-0.2, -0.15) is 5.48 Å². The normalized spacial score (nSPS) is 18.6. The average molecular weight is 474 g/mol. The summed E-state index contributed by atoms with van der Waals surface area (Å²) in [5, 5.41) is 5.54. The van der Waals surface area contributed by atoms with Crippen molar-refractivity contribution in [2.24, 2.45) is 5.14 Å². The molecule has 1 aliphatic rings. The smallest absolute Gasteiger partial charge is 0.411 e. The summed E-state index contributed by atoms with van der Waals surface area (Å²) in [4.78, 5) is 33.8. The minimum absolute atomic E-state index is 0.147. The summed E-state index contributed by atoms with van der Waals surface area (Å²) in [7, 11) is 0. The van der Waals surface area contributed by atoms with Gasteiger partial charge in [0, 0.05) is 11.4 Å². The number of hydroxylamine groups is 1. The summed E-state index contributed by atoms with van der Waals surface area (Å²) in [6.07, 6.45) is 0.492. The summed E-state index contributed by atoms with van der Waals surface area (Å²) in [6.45, 7) is 6.02. The molecule has 33 heavy (non-hydrogen) atoms. The minimum atomic E-state index is -0.754. The quantitative estimate of drug-likeness (QED) is 0.269. The lowest BCUT2D eigenvalue weighted by molar-refractivity contribution is -0.142. The van der Waals surface area contributed by atoms with Gasteiger partial charge < -0.3 is 9.47 Å². The Kier molecular flexibility index (Phi) is 8.74. The van der Waals surface area contributed by atoms with Gasteiger partial charge in [0.05, 0.1) is 12.6 Å². The predicted molar refractivity (Wildman–Crippen MR) is 126 cm³/mol. The summed E-state index contributed by atoms with van der Waals surface area (Å²) < 4.78 is 11.1. The topological polar surface area (TPSA) is 103 Å². The Labute approximate surface area is 198 Å². The fourth-order valence-corrected chi connectivity index (χ4v) is 3.72. The van der Waals surface area contributed by atoms with E-state index in [2.05, 4.69) is 5.48 Å². The molecule has 2 aromatic rings. The van der Waals surface area contributed by atoms with Gasteiger partial charge in [0.1, 0.15) is 17.4 Å². The Morgan fingerprint density at radius 1 is 1.09 bits per heavy atom. The number of rotatable bonds is 7. The second-order valence-corrected chi connectivity index (χ2v) is 9.53. The Morgan fingerprint density at radius 3 is 2.42 bits per heavy atom. The molecule has 1 saturated heterocycles. The largest absolute Gasteiger partial charge is 0.444 e. The molecule has 9 heteroatoms. The molecule has 3 N–H and O–H groups in total. The van der Waals surface area contributed by atoms with Crippen molar-refractivity contribution >= 4 is 24.0 Å². The van der Waals surface area contributed by atoms with Gasteiger partial charge in [0.15, 0.2) is 0 Å². The van der Waals surface area contributed by atoms with Gasteiger partial charge in [-0.25, -0.2) is 9.59 Å². The highest BCUT2D eigenvalue weighted by molar-refractivity contribution is 7.97. The van der Waals surface area contributed by atoms with Crippen molar-refractivity contribution in [1.82, 2.24) is 10.4 Å². The molecule has 1 aliphatic heterocycles. The highest BCUT2D eigenvalue weighted by Gasteiger charge is 2.39. The van der Waals surface area contributed by atoms with Gasteiger partial charge in [0.25, 0.3) is 0 Å². The third-order valence-corrected chi connectivity index (χ3v) is 5.54. The molecule has 0 saturated carbocycles. The lowest BCUT2D eigenvalue weighted by Crippen LogP contribution is -2.57. The first-order valence-electron chi connectivity index (χ1n) is 10.8. The Bertz CT molecular complexity index is 918. The molecule has 0 bridgehead atoms. The van der Waals surface area contributed by atoms with Crippen LogP contribution in [0.15, 0.2) is 59.5 Å². The zero-order valence-corrected chi connectivity index (χ0v) is 20.0. The van der Waals surface area contributed by atoms with E-state index in [9.17, 15) is 9.59 Å². The van der Waals surface area contributed by atoms with Crippen molar-refractivity contribution in [3.05, 3.63) is 60.2 Å². The maximum atomic E-state index is 13.0. The summed E-state index contributed by atoms with van der Waals surface area (Å²) in [6, 6.07) is 15.8. The second kappa shape index (κ2) is 11.5. The van der Waals surface area contributed by atoms with Gasteiger partial charge in [-0.05, 0) is 75.4 Å². The SMILES string of the molecule is CC(C)(C)OC(=O)N1C[C@H](NOCc2ccccc2)CC[C@H]1C(=O)Oc1ccc(SN)cc1. The Balaban J connectivity index is 1.64. The number of hydrogen-bond acceptors (Lipinski definition) is 8. The number of nitrogens with two attached hydrogens (primary N) is 1. The number of likely N-dealkylation sites (tertiary alicyclic amines) is 1.